The summed E-state index contributed by atoms with van der Waals surface area (Å²) in [7, 11) is -2.94. The van der Waals surface area contributed by atoms with Crippen molar-refractivity contribution in [3.05, 3.63) is 66.1 Å². The van der Waals surface area contributed by atoms with Gasteiger partial charge in [0.2, 0.25) is 0 Å². The molecular formula is C17H13N3O5S. The van der Waals surface area contributed by atoms with Gasteiger partial charge in [0.05, 0.1) is 18.2 Å². The number of carbonyl (C=O) groups is 2. The van der Waals surface area contributed by atoms with Gasteiger partial charge in [-0.2, -0.15) is 0 Å². The number of rotatable bonds is 4. The highest BCUT2D eigenvalue weighted by Crippen LogP contribution is 2.20. The summed E-state index contributed by atoms with van der Waals surface area (Å²) in [5.74, 6) is -1.53. The largest absolute Gasteiger partial charge is 0.464 e. The predicted molar refractivity (Wildman–Crippen MR) is 92.0 cm³/mol. The minimum Gasteiger partial charge on any atom is -0.464 e. The van der Waals surface area contributed by atoms with Gasteiger partial charge in [0.15, 0.2) is 0 Å². The van der Waals surface area contributed by atoms with E-state index in [0.29, 0.717) is 5.39 Å². The SMILES string of the molecule is COC(=O)c1ccc(C(=O)NS(=O)(=O)c2cccc3cccnc23)cn1. The van der Waals surface area contributed by atoms with Crippen molar-refractivity contribution in [2.75, 3.05) is 7.11 Å². The minimum atomic E-state index is -4.15. The third-order valence-electron chi connectivity index (χ3n) is 3.53. The Bertz CT molecular complexity index is 1090. The second-order valence-electron chi connectivity index (χ2n) is 5.19. The smallest absolute Gasteiger partial charge is 0.356 e. The van der Waals surface area contributed by atoms with Gasteiger partial charge in [0, 0.05) is 17.8 Å². The van der Waals surface area contributed by atoms with E-state index in [2.05, 4.69) is 14.7 Å². The van der Waals surface area contributed by atoms with Gasteiger partial charge in [-0.05, 0) is 24.3 Å². The van der Waals surface area contributed by atoms with Crippen LogP contribution < -0.4 is 4.72 Å². The fourth-order valence-corrected chi connectivity index (χ4v) is 3.44. The van der Waals surface area contributed by atoms with Crippen molar-refractivity contribution in [1.82, 2.24) is 14.7 Å². The first-order valence-electron chi connectivity index (χ1n) is 7.37. The first kappa shape index (κ1) is 17.5. The molecule has 26 heavy (non-hydrogen) atoms. The van der Waals surface area contributed by atoms with Gasteiger partial charge in [0.1, 0.15) is 10.6 Å². The molecule has 1 N–H and O–H groups in total. The van der Waals surface area contributed by atoms with Crippen LogP contribution >= 0.6 is 0 Å². The molecule has 9 heteroatoms. The molecule has 0 aliphatic heterocycles. The fraction of sp³-hybridized carbons (Fsp3) is 0.0588. The molecule has 3 aromatic rings. The van der Waals surface area contributed by atoms with Crippen LogP contribution in [0.15, 0.2) is 59.8 Å². The highest BCUT2D eigenvalue weighted by atomic mass is 32.2. The van der Waals surface area contributed by atoms with Crippen molar-refractivity contribution in [3.63, 3.8) is 0 Å². The van der Waals surface area contributed by atoms with Crippen LogP contribution in [0.3, 0.4) is 0 Å². The number of nitrogens with zero attached hydrogens (tertiary/aromatic N) is 2. The Morgan fingerprint density at radius 1 is 1.04 bits per heavy atom. The summed E-state index contributed by atoms with van der Waals surface area (Å²) < 4.78 is 31.7. The molecular weight excluding hydrogens is 358 g/mol. The van der Waals surface area contributed by atoms with Crippen LogP contribution in [-0.2, 0) is 14.8 Å². The van der Waals surface area contributed by atoms with E-state index in [0.717, 1.165) is 6.20 Å². The lowest BCUT2D eigenvalue weighted by atomic mass is 10.2. The molecule has 0 saturated heterocycles. The maximum Gasteiger partial charge on any atom is 0.356 e. The summed E-state index contributed by atoms with van der Waals surface area (Å²) in [5.41, 5.74) is 0.244. The van der Waals surface area contributed by atoms with E-state index >= 15 is 0 Å². The Labute approximate surface area is 148 Å². The quantitative estimate of drug-likeness (QED) is 0.692. The second-order valence-corrected chi connectivity index (χ2v) is 6.84. The van der Waals surface area contributed by atoms with E-state index in [9.17, 15) is 18.0 Å². The topological polar surface area (TPSA) is 115 Å². The highest BCUT2D eigenvalue weighted by molar-refractivity contribution is 7.90. The molecule has 0 bridgehead atoms. The van der Waals surface area contributed by atoms with E-state index in [1.807, 2.05) is 4.72 Å². The lowest BCUT2D eigenvalue weighted by molar-refractivity contribution is 0.0593. The second kappa shape index (κ2) is 6.89. The summed E-state index contributed by atoms with van der Waals surface area (Å²) in [5, 5.41) is 0.631. The summed E-state index contributed by atoms with van der Waals surface area (Å²) in [6.45, 7) is 0. The Hall–Kier alpha value is -3.33. The molecule has 1 amide bonds. The van der Waals surface area contributed by atoms with Crippen molar-refractivity contribution >= 4 is 32.8 Å². The molecule has 3 rings (SSSR count). The van der Waals surface area contributed by atoms with Gasteiger partial charge in [-0.15, -0.1) is 0 Å². The molecule has 1 aromatic carbocycles. The van der Waals surface area contributed by atoms with Gasteiger partial charge in [-0.3, -0.25) is 9.78 Å². The Kier molecular flexibility index (Phi) is 4.63. The summed E-state index contributed by atoms with van der Waals surface area (Å²) in [6, 6.07) is 10.6. The molecule has 0 aliphatic carbocycles. The molecule has 0 fully saturated rings. The number of sulfonamides is 1. The van der Waals surface area contributed by atoms with Crippen LogP contribution in [0.4, 0.5) is 0 Å². The molecule has 132 valence electrons. The number of amides is 1. The van der Waals surface area contributed by atoms with Crippen molar-refractivity contribution < 1.29 is 22.7 Å². The normalized spacial score (nSPS) is 11.1. The van der Waals surface area contributed by atoms with Crippen LogP contribution in [0.25, 0.3) is 10.9 Å². The molecule has 0 radical (unpaired) electrons. The van der Waals surface area contributed by atoms with E-state index in [-0.39, 0.29) is 21.7 Å². The Balaban J connectivity index is 1.89. The number of fused-ring (bicyclic) bond motifs is 1. The lowest BCUT2D eigenvalue weighted by Gasteiger charge is -2.09. The number of methoxy groups -OCH3 is 1. The number of pyridine rings is 2. The van der Waals surface area contributed by atoms with Gasteiger partial charge in [-0.1, -0.05) is 18.2 Å². The van der Waals surface area contributed by atoms with Crippen LogP contribution in [0.1, 0.15) is 20.8 Å². The fourth-order valence-electron chi connectivity index (χ4n) is 2.28. The standard InChI is InChI=1S/C17H13N3O5S/c1-25-17(22)13-8-7-12(10-19-13)16(21)20-26(23,24)14-6-2-4-11-5-3-9-18-15(11)14/h2-10H,1H3,(H,20,21). The van der Waals surface area contributed by atoms with E-state index in [4.69, 9.17) is 0 Å². The summed E-state index contributed by atoms with van der Waals surface area (Å²) in [6.07, 6.45) is 2.57. The number of nitrogens with one attached hydrogen (secondary N) is 1. The third-order valence-corrected chi connectivity index (χ3v) is 4.90. The van der Waals surface area contributed by atoms with Crippen molar-refractivity contribution in [2.24, 2.45) is 0 Å². The van der Waals surface area contributed by atoms with E-state index < -0.39 is 21.9 Å². The third kappa shape index (κ3) is 3.38. The average molecular weight is 371 g/mol. The van der Waals surface area contributed by atoms with Gasteiger partial charge in [0.25, 0.3) is 15.9 Å². The molecule has 0 atom stereocenters. The minimum absolute atomic E-state index is 0.00478. The number of para-hydroxylation sites is 1. The van der Waals surface area contributed by atoms with Gasteiger partial charge in [-0.25, -0.2) is 22.9 Å². The Morgan fingerprint density at radius 3 is 2.50 bits per heavy atom. The monoisotopic (exact) mass is 371 g/mol. The zero-order chi connectivity index (χ0) is 18.7. The van der Waals surface area contributed by atoms with Gasteiger partial charge >= 0.3 is 5.97 Å². The molecule has 0 unspecified atom stereocenters. The molecule has 2 aromatic heterocycles. The number of benzene rings is 1. The van der Waals surface area contributed by atoms with E-state index in [1.54, 1.807) is 24.3 Å². The van der Waals surface area contributed by atoms with Gasteiger partial charge < -0.3 is 4.74 Å². The van der Waals surface area contributed by atoms with E-state index in [1.165, 1.54) is 31.5 Å². The molecule has 0 saturated carbocycles. The Morgan fingerprint density at radius 2 is 1.81 bits per heavy atom. The van der Waals surface area contributed by atoms with Crippen LogP contribution in [0.5, 0.6) is 0 Å². The number of esters is 1. The summed E-state index contributed by atoms with van der Waals surface area (Å²) in [4.78, 5) is 31.3. The van der Waals surface area contributed by atoms with Crippen LogP contribution in [0.2, 0.25) is 0 Å². The summed E-state index contributed by atoms with van der Waals surface area (Å²) >= 11 is 0. The molecule has 0 aliphatic rings. The van der Waals surface area contributed by atoms with Crippen molar-refractivity contribution in [3.8, 4) is 0 Å². The first-order chi connectivity index (χ1) is 12.4. The zero-order valence-electron chi connectivity index (χ0n) is 13.5. The molecule has 8 nitrogen and oxygen atoms in total. The first-order valence-corrected chi connectivity index (χ1v) is 8.86. The maximum absolute atomic E-state index is 12.6. The number of hydrogen-bond acceptors (Lipinski definition) is 7. The van der Waals surface area contributed by atoms with Crippen LogP contribution in [0, 0.1) is 0 Å². The van der Waals surface area contributed by atoms with Crippen molar-refractivity contribution in [1.29, 1.82) is 0 Å². The zero-order valence-corrected chi connectivity index (χ0v) is 14.4. The molecule has 2 heterocycles. The lowest BCUT2D eigenvalue weighted by Crippen LogP contribution is -2.31. The predicted octanol–water partition coefficient (Wildman–Crippen LogP) is 1.54. The number of aromatic nitrogens is 2. The number of ether oxygens (including phenoxy) is 1. The number of hydrogen-bond donors (Lipinski definition) is 1. The maximum atomic E-state index is 12.6. The van der Waals surface area contributed by atoms with Crippen molar-refractivity contribution in [2.45, 2.75) is 4.90 Å². The molecule has 0 spiro atoms. The van der Waals surface area contributed by atoms with Crippen LogP contribution in [-0.4, -0.2) is 37.4 Å². The number of carbonyl (C=O) groups excluding carboxylic acids is 2. The highest BCUT2D eigenvalue weighted by Gasteiger charge is 2.22. The average Bonchev–Trinajstić information content (AvgIpc) is 2.66.